The summed E-state index contributed by atoms with van der Waals surface area (Å²) >= 11 is 0. The zero-order valence-corrected chi connectivity index (χ0v) is 7.01. The van der Waals surface area contributed by atoms with Crippen molar-refractivity contribution in [2.24, 2.45) is 0 Å². The van der Waals surface area contributed by atoms with Crippen molar-refractivity contribution >= 4 is 11.6 Å². The molecule has 4 nitrogen and oxygen atoms in total. The lowest BCUT2D eigenvalue weighted by Gasteiger charge is -1.91. The SMILES string of the molecule is C=CC(=O)C(=C)C(=O)C=C.N.N. The maximum atomic E-state index is 10.6. The van der Waals surface area contributed by atoms with Gasteiger partial charge in [-0.05, 0) is 12.2 Å². The van der Waals surface area contributed by atoms with Crippen molar-refractivity contribution in [3.05, 3.63) is 37.5 Å². The summed E-state index contributed by atoms with van der Waals surface area (Å²) in [5, 5.41) is 0. The summed E-state index contributed by atoms with van der Waals surface area (Å²) in [6.07, 6.45) is 2.09. The Morgan fingerprint density at radius 2 is 1.17 bits per heavy atom. The molecule has 0 aromatic heterocycles. The van der Waals surface area contributed by atoms with Crippen LogP contribution in [-0.2, 0) is 9.59 Å². The molecule has 0 unspecified atom stereocenters. The number of hydrogen-bond donors (Lipinski definition) is 2. The third-order valence-corrected chi connectivity index (χ3v) is 0.966. The molecule has 0 aliphatic heterocycles. The molecule has 0 saturated heterocycles. The fourth-order valence-corrected chi connectivity index (χ4v) is 0.368. The lowest BCUT2D eigenvalue weighted by atomic mass is 10.1. The Morgan fingerprint density at radius 3 is 1.33 bits per heavy atom. The largest absolute Gasteiger partial charge is 0.344 e. The van der Waals surface area contributed by atoms with Gasteiger partial charge in [0, 0.05) is 0 Å². The number of carbonyl (C=O) groups excluding carboxylic acids is 2. The van der Waals surface area contributed by atoms with Gasteiger partial charge in [-0.25, -0.2) is 0 Å². The van der Waals surface area contributed by atoms with Crippen LogP contribution < -0.4 is 12.3 Å². The van der Waals surface area contributed by atoms with Gasteiger partial charge >= 0.3 is 0 Å². The summed E-state index contributed by atoms with van der Waals surface area (Å²) in [6, 6.07) is 0. The minimum absolute atomic E-state index is 0. The minimum atomic E-state index is -0.454. The maximum absolute atomic E-state index is 10.6. The standard InChI is InChI=1S/C8H8O2.2H3N/c1-4-7(9)6(3)8(10)5-2;;/h4-5H,1-3H2;2*1H3. The lowest BCUT2D eigenvalue weighted by Crippen LogP contribution is -2.05. The van der Waals surface area contributed by atoms with E-state index in [1.165, 1.54) is 0 Å². The van der Waals surface area contributed by atoms with Crippen LogP contribution in [0.3, 0.4) is 0 Å². The quantitative estimate of drug-likeness (QED) is 0.377. The van der Waals surface area contributed by atoms with Crippen LogP contribution in [0, 0.1) is 0 Å². The van der Waals surface area contributed by atoms with Crippen molar-refractivity contribution in [2.75, 3.05) is 0 Å². The lowest BCUT2D eigenvalue weighted by molar-refractivity contribution is -0.116. The molecule has 0 aromatic carbocycles. The van der Waals surface area contributed by atoms with E-state index in [1.807, 2.05) is 0 Å². The molecular weight excluding hydrogens is 156 g/mol. The van der Waals surface area contributed by atoms with Crippen molar-refractivity contribution in [1.29, 1.82) is 0 Å². The van der Waals surface area contributed by atoms with Crippen LogP contribution in [0.1, 0.15) is 0 Å². The molecule has 0 aromatic rings. The van der Waals surface area contributed by atoms with Crippen molar-refractivity contribution < 1.29 is 9.59 Å². The molecule has 0 aliphatic rings. The van der Waals surface area contributed by atoms with Gasteiger partial charge in [-0.1, -0.05) is 19.7 Å². The Labute approximate surface area is 71.8 Å². The molecule has 0 amide bonds. The first-order chi connectivity index (χ1) is 4.63. The normalized spacial score (nSPS) is 6.67. The van der Waals surface area contributed by atoms with E-state index in [9.17, 15) is 9.59 Å². The van der Waals surface area contributed by atoms with Crippen LogP contribution in [0.5, 0.6) is 0 Å². The summed E-state index contributed by atoms with van der Waals surface area (Å²) in [4.78, 5) is 21.3. The third kappa shape index (κ3) is 4.32. The summed E-state index contributed by atoms with van der Waals surface area (Å²) in [7, 11) is 0. The fraction of sp³-hybridized carbons (Fsp3) is 0. The van der Waals surface area contributed by atoms with Gasteiger partial charge in [-0.3, -0.25) is 9.59 Å². The highest BCUT2D eigenvalue weighted by molar-refractivity contribution is 6.26. The van der Waals surface area contributed by atoms with Gasteiger partial charge in [0.2, 0.25) is 0 Å². The molecule has 0 bridgehead atoms. The smallest absolute Gasteiger partial charge is 0.188 e. The van der Waals surface area contributed by atoms with Crippen LogP contribution in [0.4, 0.5) is 0 Å². The van der Waals surface area contributed by atoms with Crippen molar-refractivity contribution in [3.8, 4) is 0 Å². The topological polar surface area (TPSA) is 104 Å². The molecule has 0 aliphatic carbocycles. The Balaban J connectivity index is -0.000000405. The van der Waals surface area contributed by atoms with Crippen molar-refractivity contribution in [3.63, 3.8) is 0 Å². The number of allylic oxidation sites excluding steroid dienone is 3. The van der Waals surface area contributed by atoms with Crippen LogP contribution in [0.2, 0.25) is 0 Å². The van der Waals surface area contributed by atoms with Crippen molar-refractivity contribution in [2.45, 2.75) is 0 Å². The monoisotopic (exact) mass is 170 g/mol. The summed E-state index contributed by atoms with van der Waals surface area (Å²) in [5.41, 5.74) is -0.0926. The van der Waals surface area contributed by atoms with Crippen LogP contribution >= 0.6 is 0 Å². The van der Waals surface area contributed by atoms with E-state index in [-0.39, 0.29) is 17.9 Å². The Hall–Kier alpha value is -1.52. The molecule has 0 radical (unpaired) electrons. The van der Waals surface area contributed by atoms with Crippen LogP contribution in [-0.4, -0.2) is 11.6 Å². The van der Waals surface area contributed by atoms with E-state index in [0.717, 1.165) is 12.2 Å². The Kier molecular flexibility index (Phi) is 10.6. The first kappa shape index (κ1) is 16.8. The van der Waals surface area contributed by atoms with Gasteiger partial charge in [0.25, 0.3) is 0 Å². The Morgan fingerprint density at radius 1 is 0.917 bits per heavy atom. The number of rotatable bonds is 4. The van der Waals surface area contributed by atoms with E-state index < -0.39 is 11.6 Å². The van der Waals surface area contributed by atoms with E-state index in [4.69, 9.17) is 0 Å². The first-order valence-electron chi connectivity index (χ1n) is 2.66. The molecule has 0 fully saturated rings. The number of ketones is 2. The molecule has 4 heteroatoms. The molecule has 0 spiro atoms. The average Bonchev–Trinajstić information content (AvgIpc) is 2.00. The Bertz CT molecular complexity index is 197. The van der Waals surface area contributed by atoms with Crippen LogP contribution in [0.25, 0.3) is 0 Å². The highest BCUT2D eigenvalue weighted by Crippen LogP contribution is 1.95. The third-order valence-electron chi connectivity index (χ3n) is 0.966. The number of hydrogen-bond acceptors (Lipinski definition) is 4. The molecule has 0 heterocycles. The molecule has 12 heavy (non-hydrogen) atoms. The highest BCUT2D eigenvalue weighted by atomic mass is 16.1. The molecule has 0 rings (SSSR count). The van der Waals surface area contributed by atoms with E-state index in [2.05, 4.69) is 19.7 Å². The van der Waals surface area contributed by atoms with Gasteiger partial charge < -0.3 is 12.3 Å². The zero-order valence-electron chi connectivity index (χ0n) is 7.01. The van der Waals surface area contributed by atoms with E-state index in [0.29, 0.717) is 0 Å². The highest BCUT2D eigenvalue weighted by Gasteiger charge is 2.07. The van der Waals surface area contributed by atoms with Crippen molar-refractivity contribution in [1.82, 2.24) is 12.3 Å². The minimum Gasteiger partial charge on any atom is -0.344 e. The first-order valence-corrected chi connectivity index (χ1v) is 2.66. The van der Waals surface area contributed by atoms with E-state index in [1.54, 1.807) is 0 Å². The molecular formula is C8H14N2O2. The maximum Gasteiger partial charge on any atom is 0.188 e. The average molecular weight is 170 g/mol. The van der Waals surface area contributed by atoms with Gasteiger partial charge in [0.05, 0.1) is 5.57 Å². The summed E-state index contributed by atoms with van der Waals surface area (Å²) in [6.45, 7) is 9.66. The fourth-order valence-electron chi connectivity index (χ4n) is 0.368. The van der Waals surface area contributed by atoms with E-state index >= 15 is 0 Å². The van der Waals surface area contributed by atoms with Gasteiger partial charge in [0.15, 0.2) is 11.6 Å². The predicted molar refractivity (Wildman–Crippen MR) is 49.6 cm³/mol. The van der Waals surface area contributed by atoms with Gasteiger partial charge in [0.1, 0.15) is 0 Å². The van der Waals surface area contributed by atoms with Gasteiger partial charge in [-0.2, -0.15) is 0 Å². The zero-order chi connectivity index (χ0) is 8.15. The molecule has 6 N–H and O–H groups in total. The number of carbonyl (C=O) groups is 2. The second-order valence-corrected chi connectivity index (χ2v) is 1.62. The van der Waals surface area contributed by atoms with Crippen LogP contribution in [0.15, 0.2) is 37.5 Å². The molecule has 0 atom stereocenters. The molecule has 0 saturated carbocycles. The summed E-state index contributed by atoms with van der Waals surface area (Å²) < 4.78 is 0. The predicted octanol–water partition coefficient (Wildman–Crippen LogP) is 1.38. The second-order valence-electron chi connectivity index (χ2n) is 1.62. The van der Waals surface area contributed by atoms with Gasteiger partial charge in [-0.15, -0.1) is 0 Å². The summed E-state index contributed by atoms with van der Waals surface area (Å²) in [5.74, 6) is -0.908. The molecule has 68 valence electrons. The second kappa shape index (κ2) is 7.59.